The van der Waals surface area contributed by atoms with Crippen LogP contribution in [0, 0.1) is 10.8 Å². The molecule has 19 heavy (non-hydrogen) atoms. The molecule has 0 bridgehead atoms. The van der Waals surface area contributed by atoms with Gasteiger partial charge in [0.1, 0.15) is 0 Å². The lowest BCUT2D eigenvalue weighted by atomic mass is 9.76. The van der Waals surface area contributed by atoms with Gasteiger partial charge in [0, 0.05) is 5.41 Å². The number of carbonyl (C=O) groups is 1. The van der Waals surface area contributed by atoms with Crippen LogP contribution in [0.1, 0.15) is 46.6 Å². The van der Waals surface area contributed by atoms with Crippen LogP contribution in [0.4, 0.5) is 0 Å². The Labute approximate surface area is 116 Å². The Hall–Kier alpha value is -1.35. The van der Waals surface area contributed by atoms with E-state index in [0.717, 1.165) is 12.0 Å². The van der Waals surface area contributed by atoms with Crippen LogP contribution < -0.4 is 5.48 Å². The van der Waals surface area contributed by atoms with Crippen LogP contribution in [0.15, 0.2) is 30.3 Å². The largest absolute Gasteiger partial charge is 0.272 e. The molecule has 0 unspecified atom stereocenters. The van der Waals surface area contributed by atoms with E-state index in [-0.39, 0.29) is 11.3 Å². The Balaban J connectivity index is 2.42. The average molecular weight is 263 g/mol. The minimum atomic E-state index is -0.436. The van der Waals surface area contributed by atoms with Crippen molar-refractivity contribution in [2.45, 2.75) is 47.6 Å². The van der Waals surface area contributed by atoms with E-state index in [2.05, 4.69) is 26.3 Å². The molecule has 0 aliphatic heterocycles. The lowest BCUT2D eigenvalue weighted by molar-refractivity contribution is -0.145. The van der Waals surface area contributed by atoms with Crippen molar-refractivity contribution < 1.29 is 9.63 Å². The zero-order valence-corrected chi connectivity index (χ0v) is 12.6. The summed E-state index contributed by atoms with van der Waals surface area (Å²) in [6, 6.07) is 9.78. The van der Waals surface area contributed by atoms with Gasteiger partial charge in [-0.2, -0.15) is 0 Å². The van der Waals surface area contributed by atoms with Gasteiger partial charge in [-0.1, -0.05) is 65.0 Å². The highest BCUT2D eigenvalue weighted by Gasteiger charge is 2.32. The van der Waals surface area contributed by atoms with E-state index in [1.165, 1.54) is 0 Å². The summed E-state index contributed by atoms with van der Waals surface area (Å²) in [5, 5.41) is 0. The fourth-order valence-corrected chi connectivity index (χ4v) is 2.30. The second-order valence-electron chi connectivity index (χ2n) is 6.83. The maximum absolute atomic E-state index is 12.1. The summed E-state index contributed by atoms with van der Waals surface area (Å²) in [4.78, 5) is 17.4. The summed E-state index contributed by atoms with van der Waals surface area (Å²) < 4.78 is 0. The molecule has 1 rings (SSSR count). The van der Waals surface area contributed by atoms with Gasteiger partial charge >= 0.3 is 0 Å². The summed E-state index contributed by atoms with van der Waals surface area (Å²) >= 11 is 0. The van der Waals surface area contributed by atoms with Gasteiger partial charge in [-0.3, -0.25) is 9.63 Å². The van der Waals surface area contributed by atoms with Crippen LogP contribution >= 0.6 is 0 Å². The minimum absolute atomic E-state index is 0.0710. The topological polar surface area (TPSA) is 38.3 Å². The maximum Gasteiger partial charge on any atom is 0.249 e. The molecule has 0 aliphatic carbocycles. The molecule has 1 amide bonds. The van der Waals surface area contributed by atoms with Gasteiger partial charge < -0.3 is 0 Å². The molecule has 0 aliphatic rings. The first-order valence-electron chi connectivity index (χ1n) is 6.67. The van der Waals surface area contributed by atoms with Gasteiger partial charge in [-0.25, -0.2) is 5.48 Å². The second kappa shape index (κ2) is 6.20. The molecule has 3 nitrogen and oxygen atoms in total. The smallest absolute Gasteiger partial charge is 0.249 e. The highest BCUT2D eigenvalue weighted by atomic mass is 16.6. The third kappa shape index (κ3) is 5.88. The van der Waals surface area contributed by atoms with Crippen molar-refractivity contribution >= 4 is 5.91 Å². The predicted octanol–water partition coefficient (Wildman–Crippen LogP) is 3.70. The summed E-state index contributed by atoms with van der Waals surface area (Å²) in [6.45, 7) is 10.7. The van der Waals surface area contributed by atoms with Crippen molar-refractivity contribution in [2.24, 2.45) is 10.8 Å². The molecular weight excluding hydrogens is 238 g/mol. The maximum atomic E-state index is 12.1. The lowest BCUT2D eigenvalue weighted by Crippen LogP contribution is -2.39. The normalized spacial score (nSPS) is 12.3. The molecule has 1 N–H and O–H groups in total. The Kier molecular flexibility index (Phi) is 5.12. The van der Waals surface area contributed by atoms with E-state index < -0.39 is 5.41 Å². The molecule has 1 aromatic carbocycles. The first-order chi connectivity index (χ1) is 8.71. The van der Waals surface area contributed by atoms with Crippen LogP contribution in [-0.2, 0) is 16.2 Å². The van der Waals surface area contributed by atoms with Crippen LogP contribution in [0.2, 0.25) is 0 Å². The van der Waals surface area contributed by atoms with Crippen molar-refractivity contribution in [1.82, 2.24) is 5.48 Å². The SMILES string of the molecule is CC(C)(C)CC(C)(C)C(=O)NOCc1ccccc1. The van der Waals surface area contributed by atoms with E-state index in [0.29, 0.717) is 6.61 Å². The standard InChI is InChI=1S/C16H25NO2/c1-15(2,3)12-16(4,5)14(18)17-19-11-13-9-7-6-8-10-13/h6-10H,11-12H2,1-5H3,(H,17,18). The lowest BCUT2D eigenvalue weighted by Gasteiger charge is -2.30. The minimum Gasteiger partial charge on any atom is -0.272 e. The quantitative estimate of drug-likeness (QED) is 0.823. The zero-order chi connectivity index (χ0) is 14.5. The molecule has 106 valence electrons. The van der Waals surface area contributed by atoms with Gasteiger partial charge in [0.2, 0.25) is 5.91 Å². The number of nitrogens with one attached hydrogen (secondary N) is 1. The number of rotatable bonds is 5. The van der Waals surface area contributed by atoms with Crippen molar-refractivity contribution in [2.75, 3.05) is 0 Å². The van der Waals surface area contributed by atoms with Gasteiger partial charge in [-0.05, 0) is 17.4 Å². The van der Waals surface area contributed by atoms with Crippen LogP contribution in [-0.4, -0.2) is 5.91 Å². The molecule has 0 saturated heterocycles. The van der Waals surface area contributed by atoms with Crippen molar-refractivity contribution in [3.05, 3.63) is 35.9 Å². The van der Waals surface area contributed by atoms with E-state index in [9.17, 15) is 4.79 Å². The van der Waals surface area contributed by atoms with Crippen LogP contribution in [0.3, 0.4) is 0 Å². The fraction of sp³-hybridized carbons (Fsp3) is 0.562. The number of carbonyl (C=O) groups excluding carboxylic acids is 1. The second-order valence-corrected chi connectivity index (χ2v) is 6.83. The van der Waals surface area contributed by atoms with E-state index in [1.54, 1.807) is 0 Å². The summed E-state index contributed by atoms with van der Waals surface area (Å²) in [6.07, 6.45) is 0.806. The van der Waals surface area contributed by atoms with E-state index in [1.807, 2.05) is 44.2 Å². The van der Waals surface area contributed by atoms with Gasteiger partial charge in [-0.15, -0.1) is 0 Å². The molecule has 3 heteroatoms. The molecule has 0 atom stereocenters. The monoisotopic (exact) mass is 263 g/mol. The third-order valence-corrected chi connectivity index (χ3v) is 2.83. The van der Waals surface area contributed by atoms with Gasteiger partial charge in [0.05, 0.1) is 6.61 Å². The molecule has 0 aromatic heterocycles. The van der Waals surface area contributed by atoms with Gasteiger partial charge in [0.25, 0.3) is 0 Å². The number of hydrogen-bond donors (Lipinski definition) is 1. The Morgan fingerprint density at radius 2 is 1.68 bits per heavy atom. The molecule has 0 radical (unpaired) electrons. The van der Waals surface area contributed by atoms with Crippen molar-refractivity contribution in [1.29, 1.82) is 0 Å². The molecule has 0 heterocycles. The average Bonchev–Trinajstić information content (AvgIpc) is 2.27. The Morgan fingerprint density at radius 3 is 2.21 bits per heavy atom. The van der Waals surface area contributed by atoms with Gasteiger partial charge in [0.15, 0.2) is 0 Å². The Morgan fingerprint density at radius 1 is 1.11 bits per heavy atom. The molecule has 0 saturated carbocycles. The highest BCUT2D eigenvalue weighted by Crippen LogP contribution is 2.33. The summed E-state index contributed by atoms with van der Waals surface area (Å²) in [5.74, 6) is -0.0710. The number of amides is 1. The first kappa shape index (κ1) is 15.7. The summed E-state index contributed by atoms with van der Waals surface area (Å²) in [7, 11) is 0. The zero-order valence-electron chi connectivity index (χ0n) is 12.6. The van der Waals surface area contributed by atoms with Crippen LogP contribution in [0.25, 0.3) is 0 Å². The Bertz CT molecular complexity index is 405. The van der Waals surface area contributed by atoms with Crippen molar-refractivity contribution in [3.63, 3.8) is 0 Å². The third-order valence-electron chi connectivity index (χ3n) is 2.83. The molecule has 1 aromatic rings. The first-order valence-corrected chi connectivity index (χ1v) is 6.67. The predicted molar refractivity (Wildman–Crippen MR) is 77.2 cm³/mol. The number of hydroxylamine groups is 1. The molecule has 0 spiro atoms. The number of benzene rings is 1. The van der Waals surface area contributed by atoms with Crippen LogP contribution in [0.5, 0.6) is 0 Å². The van der Waals surface area contributed by atoms with E-state index >= 15 is 0 Å². The fourth-order valence-electron chi connectivity index (χ4n) is 2.30. The highest BCUT2D eigenvalue weighted by molar-refractivity contribution is 5.80. The molecule has 0 fully saturated rings. The van der Waals surface area contributed by atoms with E-state index in [4.69, 9.17) is 4.84 Å². The number of hydrogen-bond acceptors (Lipinski definition) is 2. The summed E-state index contributed by atoms with van der Waals surface area (Å²) in [5.41, 5.74) is 3.27. The molecular formula is C16H25NO2. The van der Waals surface area contributed by atoms with Crippen molar-refractivity contribution in [3.8, 4) is 0 Å².